The first-order chi connectivity index (χ1) is 50.5. The minimum absolute atomic E-state index is 0.107. The highest BCUT2D eigenvalue weighted by Crippen LogP contribution is 2.45. The van der Waals surface area contributed by atoms with Gasteiger partial charge in [-0.15, -0.1) is 0 Å². The minimum atomic E-state index is -4.96. The summed E-state index contributed by atoms with van der Waals surface area (Å²) in [4.78, 5) is 73.1. The Labute approximate surface area is 638 Å². The van der Waals surface area contributed by atoms with Crippen LogP contribution in [-0.2, 0) is 65.4 Å². The van der Waals surface area contributed by atoms with E-state index in [-0.39, 0.29) is 25.7 Å². The average molecular weight is 1520 g/mol. The Morgan fingerprint density at radius 1 is 0.260 bits per heavy atom. The first kappa shape index (κ1) is 102. The molecule has 0 saturated carbocycles. The van der Waals surface area contributed by atoms with E-state index in [1.807, 2.05) is 0 Å². The number of aliphatic hydroxyl groups is 1. The molecule has 0 rings (SSSR count). The van der Waals surface area contributed by atoms with Gasteiger partial charge in [-0.2, -0.15) is 0 Å². The van der Waals surface area contributed by atoms with Crippen LogP contribution in [0, 0.1) is 5.92 Å². The van der Waals surface area contributed by atoms with E-state index < -0.39 is 97.5 Å². The fourth-order valence-corrected chi connectivity index (χ4v) is 14.9. The highest BCUT2D eigenvalue weighted by Gasteiger charge is 2.30. The normalized spacial score (nSPS) is 13.8. The maximum absolute atomic E-state index is 13.1. The van der Waals surface area contributed by atoms with Crippen molar-refractivity contribution >= 4 is 39.5 Å². The molecule has 0 aliphatic rings. The van der Waals surface area contributed by atoms with Crippen LogP contribution in [-0.4, -0.2) is 96.7 Å². The van der Waals surface area contributed by atoms with E-state index in [1.54, 1.807) is 0 Å². The van der Waals surface area contributed by atoms with Gasteiger partial charge < -0.3 is 33.8 Å². The zero-order valence-corrected chi connectivity index (χ0v) is 70.0. The molecule has 0 aromatic carbocycles. The van der Waals surface area contributed by atoms with E-state index >= 15 is 0 Å². The smallest absolute Gasteiger partial charge is 0.462 e. The van der Waals surface area contributed by atoms with Gasteiger partial charge in [0.1, 0.15) is 19.3 Å². The van der Waals surface area contributed by atoms with Crippen molar-refractivity contribution in [1.82, 2.24) is 0 Å². The SMILES string of the molecule is CCCCCCCCCCCCCCCCCCCCCCCCC(=O)O[C@H](COC(=O)CCCCCCCCCCCCCCCCCCCCC)COP(=O)(O)OC[C@@H](O)COP(=O)(O)OC[C@@H](COC(=O)CCCCCCCCCCCC)OC(=O)CCCCCCCCCCCCC(C)C. The lowest BCUT2D eigenvalue weighted by Crippen LogP contribution is -2.30. The van der Waals surface area contributed by atoms with Crippen LogP contribution in [0.4, 0.5) is 0 Å². The number of aliphatic hydroxyl groups excluding tert-OH is 1. The van der Waals surface area contributed by atoms with Crippen LogP contribution in [0.3, 0.4) is 0 Å². The van der Waals surface area contributed by atoms with Crippen molar-refractivity contribution in [3.63, 3.8) is 0 Å². The first-order valence-electron chi connectivity index (χ1n) is 44.1. The van der Waals surface area contributed by atoms with Crippen LogP contribution in [0.25, 0.3) is 0 Å². The Bertz CT molecular complexity index is 1980. The number of rotatable bonds is 85. The molecule has 0 bridgehead atoms. The molecule has 0 aromatic rings. The molecule has 0 radical (unpaired) electrons. The zero-order valence-electron chi connectivity index (χ0n) is 68.2. The number of hydrogen-bond acceptors (Lipinski definition) is 15. The largest absolute Gasteiger partial charge is 0.472 e. The third-order valence-electron chi connectivity index (χ3n) is 20.0. The van der Waals surface area contributed by atoms with E-state index in [2.05, 4.69) is 34.6 Å². The van der Waals surface area contributed by atoms with Crippen LogP contribution in [0.1, 0.15) is 458 Å². The van der Waals surface area contributed by atoms with Crippen molar-refractivity contribution in [1.29, 1.82) is 0 Å². The van der Waals surface area contributed by atoms with Crippen LogP contribution in [0.5, 0.6) is 0 Å². The fraction of sp³-hybridized carbons (Fsp3) is 0.953. The Balaban J connectivity index is 5.20. The highest BCUT2D eigenvalue weighted by atomic mass is 31.2. The molecular weight excluding hydrogens is 1350 g/mol. The Morgan fingerprint density at radius 2 is 0.442 bits per heavy atom. The molecule has 3 N–H and O–H groups in total. The molecule has 17 nitrogen and oxygen atoms in total. The van der Waals surface area contributed by atoms with Gasteiger partial charge in [0.25, 0.3) is 0 Å². The summed E-state index contributed by atoms with van der Waals surface area (Å²) in [7, 11) is -9.92. The quantitative estimate of drug-likeness (QED) is 0.0222. The number of esters is 4. The van der Waals surface area contributed by atoms with Crippen molar-refractivity contribution in [3.8, 4) is 0 Å². The van der Waals surface area contributed by atoms with Gasteiger partial charge >= 0.3 is 39.5 Å². The molecule has 0 fully saturated rings. The molecule has 0 aromatic heterocycles. The van der Waals surface area contributed by atoms with E-state index in [1.165, 1.54) is 283 Å². The number of carbonyl (C=O) groups excluding carboxylic acids is 4. The van der Waals surface area contributed by atoms with Crippen molar-refractivity contribution in [3.05, 3.63) is 0 Å². The standard InChI is InChI=1S/C85H166O17P2/c1-6-9-12-15-18-21-24-26-28-30-32-33-34-36-38-40-42-44-50-55-60-65-70-84(89)101-81(75-96-83(88)69-64-59-54-49-43-41-39-37-35-31-29-27-25-22-19-16-13-10-7-2)77-100-104(93,94)98-73-79(86)72-97-103(91,92)99-76-80(74-95-82(87)68-63-58-53-48-23-20-17-14-11-8-3)102-85(90)71-66-61-56-51-46-45-47-52-57-62-67-78(4)5/h78-81,86H,6-77H2,1-5H3,(H,91,92)(H,93,94)/t79-,80+,81+/m0/s1. The lowest BCUT2D eigenvalue weighted by Gasteiger charge is -2.21. The number of hydrogen-bond donors (Lipinski definition) is 3. The first-order valence-corrected chi connectivity index (χ1v) is 47.1. The summed E-state index contributed by atoms with van der Waals surface area (Å²) in [5.41, 5.74) is 0. The third-order valence-corrected chi connectivity index (χ3v) is 21.9. The number of carbonyl (C=O) groups is 4. The van der Waals surface area contributed by atoms with E-state index in [4.69, 9.17) is 37.0 Å². The fourth-order valence-electron chi connectivity index (χ4n) is 13.3. The summed E-state index contributed by atoms with van der Waals surface area (Å²) in [5, 5.41) is 10.7. The van der Waals surface area contributed by atoms with Gasteiger partial charge in [-0.3, -0.25) is 37.3 Å². The maximum atomic E-state index is 13.1. The van der Waals surface area contributed by atoms with E-state index in [0.29, 0.717) is 25.7 Å². The summed E-state index contributed by atoms with van der Waals surface area (Å²) in [6.07, 6.45) is 71.0. The van der Waals surface area contributed by atoms with E-state index in [0.717, 1.165) is 95.8 Å². The molecule has 618 valence electrons. The molecule has 0 spiro atoms. The number of ether oxygens (including phenoxy) is 4. The van der Waals surface area contributed by atoms with Crippen molar-refractivity contribution in [2.75, 3.05) is 39.6 Å². The Hall–Kier alpha value is -1.94. The average Bonchev–Trinajstić information content (AvgIpc) is 0.918. The number of unbranched alkanes of at least 4 members (excludes halogenated alkanes) is 57. The highest BCUT2D eigenvalue weighted by molar-refractivity contribution is 7.47. The molecule has 0 aliphatic heterocycles. The van der Waals surface area contributed by atoms with Gasteiger partial charge in [-0.05, 0) is 31.6 Å². The topological polar surface area (TPSA) is 237 Å². The zero-order chi connectivity index (χ0) is 76.2. The maximum Gasteiger partial charge on any atom is 0.472 e. The molecule has 104 heavy (non-hydrogen) atoms. The number of phosphoric ester groups is 2. The predicted octanol–water partition coefficient (Wildman–Crippen LogP) is 26.0. The summed E-state index contributed by atoms with van der Waals surface area (Å²) >= 11 is 0. The van der Waals surface area contributed by atoms with Crippen molar-refractivity contribution in [2.24, 2.45) is 5.92 Å². The van der Waals surface area contributed by atoms with Crippen LogP contribution >= 0.6 is 15.6 Å². The lowest BCUT2D eigenvalue weighted by molar-refractivity contribution is -0.161. The molecule has 0 saturated heterocycles. The second-order valence-corrected chi connectivity index (χ2v) is 34.0. The van der Waals surface area contributed by atoms with Crippen LogP contribution < -0.4 is 0 Å². The van der Waals surface area contributed by atoms with Crippen LogP contribution in [0.15, 0.2) is 0 Å². The second kappa shape index (κ2) is 77.8. The molecular formula is C85H166O17P2. The van der Waals surface area contributed by atoms with Gasteiger partial charge in [0.05, 0.1) is 26.4 Å². The summed E-state index contributed by atoms with van der Waals surface area (Å²) in [6.45, 7) is 7.33. The van der Waals surface area contributed by atoms with Gasteiger partial charge in [0, 0.05) is 25.7 Å². The minimum Gasteiger partial charge on any atom is -0.462 e. The molecule has 19 heteroatoms. The van der Waals surface area contributed by atoms with Gasteiger partial charge in [0.2, 0.25) is 0 Å². The molecule has 2 unspecified atom stereocenters. The van der Waals surface area contributed by atoms with Crippen molar-refractivity contribution in [2.45, 2.75) is 477 Å². The Kier molecular flexibility index (Phi) is 76.3. The molecule has 0 heterocycles. The lowest BCUT2D eigenvalue weighted by atomic mass is 10.0. The molecule has 0 aliphatic carbocycles. The third kappa shape index (κ3) is 78.2. The molecule has 0 amide bonds. The van der Waals surface area contributed by atoms with Gasteiger partial charge in [-0.1, -0.05) is 407 Å². The van der Waals surface area contributed by atoms with Crippen LogP contribution in [0.2, 0.25) is 0 Å². The van der Waals surface area contributed by atoms with Gasteiger partial charge in [0.15, 0.2) is 12.2 Å². The summed E-state index contributed by atoms with van der Waals surface area (Å²) in [6, 6.07) is 0. The summed E-state index contributed by atoms with van der Waals surface area (Å²) in [5.74, 6) is -1.35. The van der Waals surface area contributed by atoms with E-state index in [9.17, 15) is 43.2 Å². The van der Waals surface area contributed by atoms with Gasteiger partial charge in [-0.25, -0.2) is 9.13 Å². The monoisotopic (exact) mass is 1520 g/mol. The Morgan fingerprint density at radius 3 is 0.654 bits per heavy atom. The summed E-state index contributed by atoms with van der Waals surface area (Å²) < 4.78 is 68.8. The second-order valence-electron chi connectivity index (χ2n) is 31.1. The molecule has 5 atom stereocenters. The predicted molar refractivity (Wildman–Crippen MR) is 428 cm³/mol. The number of phosphoric acid groups is 2. The van der Waals surface area contributed by atoms with Crippen molar-refractivity contribution < 1.29 is 80.2 Å².